The van der Waals surface area contributed by atoms with E-state index in [2.05, 4.69) is 5.32 Å². The summed E-state index contributed by atoms with van der Waals surface area (Å²) in [5, 5.41) is 10.4. The smallest absolute Gasteiger partial charge is 0.405 e. The van der Waals surface area contributed by atoms with Gasteiger partial charge in [0.15, 0.2) is 5.78 Å². The number of hydrogen-bond acceptors (Lipinski definition) is 3. The first-order chi connectivity index (χ1) is 5.11. The molecule has 1 amide bonds. The van der Waals surface area contributed by atoms with E-state index in [0.29, 0.717) is 0 Å². The van der Waals surface area contributed by atoms with E-state index in [1.54, 1.807) is 6.92 Å². The molecule has 1 fully saturated rings. The Balaban J connectivity index is 2.54. The Morgan fingerprint density at radius 1 is 1.82 bits per heavy atom. The van der Waals surface area contributed by atoms with Crippen molar-refractivity contribution in [3.63, 3.8) is 0 Å². The SMILES string of the molecule is C[C@H]1OCC(=O)[C@@H]1NC(=O)O. The van der Waals surface area contributed by atoms with E-state index in [-0.39, 0.29) is 18.5 Å². The number of ketones is 1. The number of ether oxygens (including phenoxy) is 1. The summed E-state index contributed by atoms with van der Waals surface area (Å²) in [5.74, 6) is -0.208. The van der Waals surface area contributed by atoms with Gasteiger partial charge in [0.05, 0.1) is 6.10 Å². The predicted octanol–water partition coefficient (Wildman–Crippen LogP) is -0.390. The monoisotopic (exact) mass is 159 g/mol. The van der Waals surface area contributed by atoms with Gasteiger partial charge in [-0.3, -0.25) is 4.79 Å². The van der Waals surface area contributed by atoms with Gasteiger partial charge in [-0.05, 0) is 6.92 Å². The topological polar surface area (TPSA) is 75.6 Å². The van der Waals surface area contributed by atoms with Crippen LogP contribution in [0.3, 0.4) is 0 Å². The molecule has 5 heteroatoms. The Bertz CT molecular complexity index is 191. The third-order valence-electron chi connectivity index (χ3n) is 1.58. The van der Waals surface area contributed by atoms with Crippen LogP contribution < -0.4 is 5.32 Å². The number of hydrogen-bond donors (Lipinski definition) is 2. The molecule has 0 radical (unpaired) electrons. The fourth-order valence-electron chi connectivity index (χ4n) is 0.992. The lowest BCUT2D eigenvalue weighted by Gasteiger charge is -2.10. The van der Waals surface area contributed by atoms with Crippen LogP contribution in [-0.2, 0) is 9.53 Å². The standard InChI is InChI=1S/C6H9NO4/c1-3-5(7-6(9)10)4(8)2-11-3/h3,5,7H,2H2,1H3,(H,9,10)/t3-,5-/m1/s1. The molecule has 0 aliphatic carbocycles. The van der Waals surface area contributed by atoms with E-state index in [1.165, 1.54) is 0 Å². The second-order valence-electron chi connectivity index (χ2n) is 2.41. The summed E-state index contributed by atoms with van der Waals surface area (Å²) in [5.41, 5.74) is 0. The highest BCUT2D eigenvalue weighted by molar-refractivity contribution is 5.90. The van der Waals surface area contributed by atoms with Crippen LogP contribution in [0, 0.1) is 0 Å². The number of rotatable bonds is 1. The maximum atomic E-state index is 10.9. The summed E-state index contributed by atoms with van der Waals surface area (Å²) in [6, 6.07) is -0.688. The minimum absolute atomic E-state index is 0.00606. The molecule has 1 aliphatic heterocycles. The molecule has 0 aromatic carbocycles. The zero-order valence-electron chi connectivity index (χ0n) is 6.03. The molecule has 0 bridgehead atoms. The number of Topliss-reactive ketones (excluding diaryl/α,β-unsaturated/α-hetero) is 1. The zero-order valence-corrected chi connectivity index (χ0v) is 6.03. The van der Waals surface area contributed by atoms with E-state index >= 15 is 0 Å². The molecule has 0 saturated carbocycles. The van der Waals surface area contributed by atoms with Crippen LogP contribution in [0.4, 0.5) is 4.79 Å². The molecule has 1 saturated heterocycles. The molecule has 2 atom stereocenters. The summed E-state index contributed by atoms with van der Waals surface area (Å²) in [6.07, 6.45) is -1.54. The molecule has 1 rings (SSSR count). The highest BCUT2D eigenvalue weighted by Crippen LogP contribution is 2.08. The van der Waals surface area contributed by atoms with Crippen molar-refractivity contribution in [2.24, 2.45) is 0 Å². The fourth-order valence-corrected chi connectivity index (χ4v) is 0.992. The lowest BCUT2D eigenvalue weighted by molar-refractivity contribution is -0.119. The fraction of sp³-hybridized carbons (Fsp3) is 0.667. The minimum Gasteiger partial charge on any atom is -0.465 e. The van der Waals surface area contributed by atoms with E-state index in [1.807, 2.05) is 0 Å². The normalized spacial score (nSPS) is 30.5. The minimum atomic E-state index is -1.19. The van der Waals surface area contributed by atoms with Crippen molar-refractivity contribution in [2.45, 2.75) is 19.1 Å². The van der Waals surface area contributed by atoms with Gasteiger partial charge in [-0.1, -0.05) is 0 Å². The maximum absolute atomic E-state index is 10.9. The average Bonchev–Trinajstić information content (AvgIpc) is 2.18. The highest BCUT2D eigenvalue weighted by atomic mass is 16.5. The summed E-state index contributed by atoms with van der Waals surface area (Å²) in [6.45, 7) is 1.66. The van der Waals surface area contributed by atoms with E-state index in [4.69, 9.17) is 9.84 Å². The van der Waals surface area contributed by atoms with Crippen molar-refractivity contribution in [3.05, 3.63) is 0 Å². The van der Waals surface area contributed by atoms with Gasteiger partial charge >= 0.3 is 6.09 Å². The maximum Gasteiger partial charge on any atom is 0.405 e. The van der Waals surface area contributed by atoms with Crippen molar-refractivity contribution in [2.75, 3.05) is 6.61 Å². The van der Waals surface area contributed by atoms with E-state index in [0.717, 1.165) is 0 Å². The van der Waals surface area contributed by atoms with E-state index < -0.39 is 12.1 Å². The highest BCUT2D eigenvalue weighted by Gasteiger charge is 2.33. The number of nitrogens with one attached hydrogen (secondary N) is 1. The molecular weight excluding hydrogens is 150 g/mol. The van der Waals surface area contributed by atoms with Gasteiger partial charge in [-0.15, -0.1) is 0 Å². The lowest BCUT2D eigenvalue weighted by atomic mass is 10.1. The zero-order chi connectivity index (χ0) is 8.43. The van der Waals surface area contributed by atoms with Gasteiger partial charge < -0.3 is 15.2 Å². The first-order valence-electron chi connectivity index (χ1n) is 3.25. The van der Waals surface area contributed by atoms with Gasteiger partial charge in [0.2, 0.25) is 0 Å². The third kappa shape index (κ3) is 1.68. The molecule has 0 aromatic heterocycles. The molecule has 0 aromatic rings. The number of amides is 1. The quantitative estimate of drug-likeness (QED) is 0.546. The number of carbonyl (C=O) groups excluding carboxylic acids is 1. The lowest BCUT2D eigenvalue weighted by Crippen LogP contribution is -2.42. The Morgan fingerprint density at radius 2 is 2.45 bits per heavy atom. The van der Waals surface area contributed by atoms with Crippen molar-refractivity contribution in [3.8, 4) is 0 Å². The Kier molecular flexibility index (Phi) is 2.09. The van der Waals surface area contributed by atoms with Gasteiger partial charge in [0.1, 0.15) is 12.6 Å². The summed E-state index contributed by atoms with van der Waals surface area (Å²) < 4.78 is 4.90. The molecule has 1 aliphatic rings. The van der Waals surface area contributed by atoms with Crippen LogP contribution in [0.15, 0.2) is 0 Å². The molecule has 62 valence electrons. The van der Waals surface area contributed by atoms with E-state index in [9.17, 15) is 9.59 Å². The molecular formula is C6H9NO4. The molecule has 0 spiro atoms. The Morgan fingerprint density at radius 3 is 2.82 bits per heavy atom. The molecule has 1 heterocycles. The first-order valence-corrected chi connectivity index (χ1v) is 3.25. The van der Waals surface area contributed by atoms with Crippen molar-refractivity contribution in [1.29, 1.82) is 0 Å². The average molecular weight is 159 g/mol. The Labute approximate surface area is 63.3 Å². The van der Waals surface area contributed by atoms with Crippen molar-refractivity contribution in [1.82, 2.24) is 5.32 Å². The van der Waals surface area contributed by atoms with Crippen molar-refractivity contribution >= 4 is 11.9 Å². The number of carboxylic acid groups (broad SMARTS) is 1. The predicted molar refractivity (Wildman–Crippen MR) is 35.4 cm³/mol. The van der Waals surface area contributed by atoms with Crippen LogP contribution in [0.25, 0.3) is 0 Å². The van der Waals surface area contributed by atoms with Gasteiger partial charge in [0, 0.05) is 0 Å². The van der Waals surface area contributed by atoms with Crippen LogP contribution >= 0.6 is 0 Å². The van der Waals surface area contributed by atoms with Crippen LogP contribution in [0.5, 0.6) is 0 Å². The second kappa shape index (κ2) is 2.87. The molecule has 0 unspecified atom stereocenters. The molecule has 2 N–H and O–H groups in total. The van der Waals surface area contributed by atoms with Crippen molar-refractivity contribution < 1.29 is 19.4 Å². The largest absolute Gasteiger partial charge is 0.465 e. The summed E-state index contributed by atoms with van der Waals surface area (Å²) in [7, 11) is 0. The van der Waals surface area contributed by atoms with Crippen LogP contribution in [0.2, 0.25) is 0 Å². The summed E-state index contributed by atoms with van der Waals surface area (Å²) >= 11 is 0. The Hall–Kier alpha value is -1.10. The summed E-state index contributed by atoms with van der Waals surface area (Å²) in [4.78, 5) is 21.0. The molecule has 11 heavy (non-hydrogen) atoms. The van der Waals surface area contributed by atoms with Crippen LogP contribution in [-0.4, -0.2) is 35.7 Å². The number of carbonyl (C=O) groups is 2. The second-order valence-corrected chi connectivity index (χ2v) is 2.41. The van der Waals surface area contributed by atoms with Gasteiger partial charge in [-0.25, -0.2) is 4.79 Å². The van der Waals surface area contributed by atoms with Gasteiger partial charge in [0.25, 0.3) is 0 Å². The van der Waals surface area contributed by atoms with Gasteiger partial charge in [-0.2, -0.15) is 0 Å². The molecule has 5 nitrogen and oxygen atoms in total. The van der Waals surface area contributed by atoms with Crippen LogP contribution in [0.1, 0.15) is 6.92 Å². The first kappa shape index (κ1) is 8.00. The third-order valence-corrected chi connectivity index (χ3v) is 1.58.